The Kier molecular flexibility index (Phi) is 9.19. The minimum absolute atomic E-state index is 0.0130. The number of hydrogen-bond acceptors (Lipinski definition) is 13. The third kappa shape index (κ3) is 6.96. The van der Waals surface area contributed by atoms with E-state index in [1.54, 1.807) is 23.6 Å². The fraction of sp³-hybridized carbons (Fsp3) is 0.312. The number of carbonyl (C=O) groups is 1. The molecule has 5 atom stereocenters. The summed E-state index contributed by atoms with van der Waals surface area (Å²) in [6.45, 7) is 3.23. The Morgan fingerprint density at radius 3 is 2.74 bits per heavy atom. The highest BCUT2D eigenvalue weighted by Crippen LogP contribution is 2.43. The van der Waals surface area contributed by atoms with Gasteiger partial charge in [0, 0.05) is 11.8 Å². The van der Waals surface area contributed by atoms with Crippen molar-refractivity contribution in [3.63, 3.8) is 0 Å². The Bertz CT molecular complexity index is 1940. The molecule has 0 amide bonds. The Morgan fingerprint density at radius 1 is 1.19 bits per heavy atom. The molecule has 6 rings (SSSR count). The van der Waals surface area contributed by atoms with Crippen molar-refractivity contribution >= 4 is 42.0 Å². The third-order valence-electron chi connectivity index (χ3n) is 7.62. The number of aliphatic hydroxyl groups is 1. The molecule has 3 heterocycles. The minimum atomic E-state index is -2.70. The number of methoxy groups -OCH3 is 1. The van der Waals surface area contributed by atoms with E-state index >= 15 is 0 Å². The SMILES string of the molecule is COc1nc(N)nc2c1ncn2C1O[C@H](COc2ccc3ccccc3c2O[P+]([O-])=N[C@@H](C)C(=O)OCc2ccccc2)C[C@@]1(C)O. The van der Waals surface area contributed by atoms with Gasteiger partial charge in [0.1, 0.15) is 18.8 Å². The average molecular weight is 661 g/mol. The van der Waals surface area contributed by atoms with Gasteiger partial charge >= 0.3 is 14.1 Å². The van der Waals surface area contributed by atoms with Crippen LogP contribution in [0.3, 0.4) is 0 Å². The van der Waals surface area contributed by atoms with Crippen molar-refractivity contribution in [3.8, 4) is 17.4 Å². The Labute approximate surface area is 270 Å². The van der Waals surface area contributed by atoms with Crippen LogP contribution in [0.15, 0.2) is 77.8 Å². The molecule has 1 aliphatic rings. The second-order valence-electron chi connectivity index (χ2n) is 11.2. The van der Waals surface area contributed by atoms with Gasteiger partial charge in [0.25, 0.3) is 0 Å². The molecule has 3 aromatic carbocycles. The zero-order chi connectivity index (χ0) is 33.1. The molecule has 1 aliphatic heterocycles. The topological polar surface area (TPSA) is 188 Å². The number of carbonyl (C=O) groups excluding carboxylic acids is 1. The van der Waals surface area contributed by atoms with Gasteiger partial charge in [-0.15, -0.1) is 0 Å². The second-order valence-corrected chi connectivity index (χ2v) is 12.1. The largest absolute Gasteiger partial charge is 0.575 e. The first-order valence-corrected chi connectivity index (χ1v) is 15.9. The van der Waals surface area contributed by atoms with Crippen LogP contribution in [-0.4, -0.2) is 62.1 Å². The van der Waals surface area contributed by atoms with Gasteiger partial charge in [0.2, 0.25) is 17.6 Å². The van der Waals surface area contributed by atoms with Crippen molar-refractivity contribution in [2.75, 3.05) is 19.5 Å². The quantitative estimate of drug-likeness (QED) is 0.153. The lowest BCUT2D eigenvalue weighted by Gasteiger charge is -2.24. The predicted molar refractivity (Wildman–Crippen MR) is 171 cm³/mol. The van der Waals surface area contributed by atoms with Crippen LogP contribution in [0.2, 0.25) is 0 Å². The number of fused-ring (bicyclic) bond motifs is 2. The van der Waals surface area contributed by atoms with Crippen molar-refractivity contribution in [2.24, 2.45) is 4.74 Å². The van der Waals surface area contributed by atoms with Gasteiger partial charge in [-0.1, -0.05) is 65.4 Å². The number of benzene rings is 3. The number of imidazole rings is 1. The van der Waals surface area contributed by atoms with Crippen molar-refractivity contribution in [3.05, 3.63) is 78.6 Å². The fourth-order valence-electron chi connectivity index (χ4n) is 5.38. The smallest absolute Gasteiger partial charge is 0.395 e. The summed E-state index contributed by atoms with van der Waals surface area (Å²) in [6, 6.07) is 19.1. The van der Waals surface area contributed by atoms with E-state index in [0.717, 1.165) is 10.9 Å². The van der Waals surface area contributed by atoms with Crippen LogP contribution < -0.4 is 24.6 Å². The average Bonchev–Trinajstić information content (AvgIpc) is 3.61. The molecule has 0 aliphatic carbocycles. The van der Waals surface area contributed by atoms with E-state index in [-0.39, 0.29) is 43.0 Å². The number of nitrogens with two attached hydrogens (primary N) is 1. The maximum absolute atomic E-state index is 13.1. The summed E-state index contributed by atoms with van der Waals surface area (Å²) in [5, 5.41) is 12.8. The summed E-state index contributed by atoms with van der Waals surface area (Å²) >= 11 is 0. The van der Waals surface area contributed by atoms with Gasteiger partial charge in [-0.2, -0.15) is 9.97 Å². The molecule has 244 valence electrons. The zero-order valence-corrected chi connectivity index (χ0v) is 26.7. The van der Waals surface area contributed by atoms with Gasteiger partial charge in [-0.05, 0) is 30.9 Å². The number of esters is 1. The second kappa shape index (κ2) is 13.5. The molecule has 47 heavy (non-hydrogen) atoms. The summed E-state index contributed by atoms with van der Waals surface area (Å²) in [4.78, 5) is 38.3. The van der Waals surface area contributed by atoms with Crippen LogP contribution in [0.25, 0.3) is 21.9 Å². The Hall–Kier alpha value is -4.88. The number of rotatable bonds is 11. The summed E-state index contributed by atoms with van der Waals surface area (Å²) in [5.74, 6) is 0.0381. The van der Waals surface area contributed by atoms with Crippen LogP contribution in [0.4, 0.5) is 5.95 Å². The lowest BCUT2D eigenvalue weighted by Crippen LogP contribution is -2.32. The Morgan fingerprint density at radius 2 is 1.96 bits per heavy atom. The number of ether oxygens (including phenoxy) is 4. The van der Waals surface area contributed by atoms with Gasteiger partial charge in [0.05, 0.1) is 19.5 Å². The van der Waals surface area contributed by atoms with Crippen molar-refractivity contribution in [1.29, 1.82) is 0 Å². The molecule has 0 spiro atoms. The van der Waals surface area contributed by atoms with Gasteiger partial charge in [0.15, 0.2) is 29.2 Å². The number of nitrogen functional groups attached to an aromatic ring is 1. The first-order chi connectivity index (χ1) is 22.6. The molecule has 0 bridgehead atoms. The number of nitrogens with zero attached hydrogens (tertiary/aromatic N) is 5. The molecule has 2 aromatic heterocycles. The van der Waals surface area contributed by atoms with Crippen molar-refractivity contribution < 1.29 is 38.3 Å². The standard InChI is InChI=1S/C32H33N6O8P/c1-19(29(39)44-16-20-9-5-4-6-10-20)37-47(41)46-26-23-12-8-7-11-21(23)13-14-24(26)43-17-22-15-32(2,40)30(45-22)38-18-34-25-27(38)35-31(33)36-28(25)42-3/h4-14,18-19,22,30,40H,15-17H2,1-3H3,(H2,33,35,36)/t19-,22-,30?,32+/m0/s1. The normalized spacial score (nSPS) is 20.3. The number of anilines is 1. The van der Waals surface area contributed by atoms with E-state index in [2.05, 4.69) is 19.7 Å². The lowest BCUT2D eigenvalue weighted by molar-refractivity contribution is -0.169. The first-order valence-electron chi connectivity index (χ1n) is 14.8. The number of aromatic nitrogens is 4. The van der Waals surface area contributed by atoms with E-state index in [0.29, 0.717) is 16.6 Å². The summed E-state index contributed by atoms with van der Waals surface area (Å²) < 4.78 is 34.5. The van der Waals surface area contributed by atoms with Crippen LogP contribution >= 0.6 is 8.17 Å². The van der Waals surface area contributed by atoms with Crippen LogP contribution in [0, 0.1) is 0 Å². The van der Waals surface area contributed by atoms with Gasteiger partial charge < -0.3 is 34.7 Å². The summed E-state index contributed by atoms with van der Waals surface area (Å²) in [6.07, 6.45) is 0.261. The van der Waals surface area contributed by atoms with Crippen molar-refractivity contribution in [1.82, 2.24) is 19.5 Å². The van der Waals surface area contributed by atoms with E-state index in [4.69, 9.17) is 29.2 Å². The van der Waals surface area contributed by atoms with E-state index in [9.17, 15) is 14.8 Å². The highest BCUT2D eigenvalue weighted by Gasteiger charge is 2.46. The first kappa shape index (κ1) is 32.1. The van der Waals surface area contributed by atoms with E-state index in [1.165, 1.54) is 20.4 Å². The molecule has 0 saturated carbocycles. The highest BCUT2D eigenvalue weighted by molar-refractivity contribution is 7.34. The Balaban J connectivity index is 1.18. The van der Waals surface area contributed by atoms with E-state index < -0.39 is 38.1 Å². The minimum Gasteiger partial charge on any atom is -0.575 e. The molecule has 1 saturated heterocycles. The molecule has 0 radical (unpaired) electrons. The van der Waals surface area contributed by atoms with Gasteiger partial charge in [-0.3, -0.25) is 9.09 Å². The molecular weight excluding hydrogens is 627 g/mol. The number of hydrogen-bond donors (Lipinski definition) is 2. The third-order valence-corrected chi connectivity index (χ3v) is 8.49. The fourth-order valence-corrected chi connectivity index (χ4v) is 6.14. The van der Waals surface area contributed by atoms with Crippen LogP contribution in [0.5, 0.6) is 17.4 Å². The monoisotopic (exact) mass is 660 g/mol. The lowest BCUT2D eigenvalue weighted by atomic mass is 10.0. The molecule has 15 heteroatoms. The summed E-state index contributed by atoms with van der Waals surface area (Å²) in [5.41, 5.74) is 6.08. The molecule has 1 fully saturated rings. The maximum atomic E-state index is 13.1. The molecule has 2 unspecified atom stereocenters. The molecule has 3 N–H and O–H groups in total. The van der Waals surface area contributed by atoms with Crippen molar-refractivity contribution in [2.45, 2.75) is 50.8 Å². The predicted octanol–water partition coefficient (Wildman–Crippen LogP) is 4.05. The molecule has 14 nitrogen and oxygen atoms in total. The maximum Gasteiger partial charge on any atom is 0.395 e. The molecule has 5 aromatic rings. The zero-order valence-electron chi connectivity index (χ0n) is 25.8. The van der Waals surface area contributed by atoms with Crippen LogP contribution in [-0.2, 0) is 20.9 Å². The van der Waals surface area contributed by atoms with Crippen LogP contribution in [0.1, 0.15) is 32.1 Å². The van der Waals surface area contributed by atoms with Gasteiger partial charge in [-0.25, -0.2) is 9.78 Å². The highest BCUT2D eigenvalue weighted by atomic mass is 31.1. The van der Waals surface area contributed by atoms with E-state index in [1.807, 2.05) is 54.6 Å². The molecular formula is C32H33N6O8P. The summed E-state index contributed by atoms with van der Waals surface area (Å²) in [7, 11) is -1.24.